The van der Waals surface area contributed by atoms with E-state index in [1.807, 2.05) is 52.0 Å². The van der Waals surface area contributed by atoms with E-state index in [9.17, 15) is 29.4 Å². The summed E-state index contributed by atoms with van der Waals surface area (Å²) in [5.74, 6) is -3.25. The number of aromatic amines is 2. The molecule has 3 aromatic heterocycles. The molecule has 12 heteroatoms. The van der Waals surface area contributed by atoms with Crippen LogP contribution in [-0.4, -0.2) is 68.2 Å². The van der Waals surface area contributed by atoms with Crippen molar-refractivity contribution >= 4 is 68.7 Å². The molecule has 12 nitrogen and oxygen atoms in total. The molecule has 3 aromatic rings. The van der Waals surface area contributed by atoms with E-state index < -0.39 is 29.3 Å². The summed E-state index contributed by atoms with van der Waals surface area (Å²) in [5, 5.41) is 19.2. The normalized spacial score (nSPS) is 16.7. The van der Waals surface area contributed by atoms with Crippen molar-refractivity contribution in [3.63, 3.8) is 0 Å². The molecule has 268 valence electrons. The van der Waals surface area contributed by atoms with Gasteiger partial charge < -0.3 is 29.7 Å². The van der Waals surface area contributed by atoms with Crippen molar-refractivity contribution in [2.75, 3.05) is 14.2 Å². The van der Waals surface area contributed by atoms with Gasteiger partial charge in [-0.2, -0.15) is 0 Å². The molecule has 1 unspecified atom stereocenters. The second kappa shape index (κ2) is 13.6. The van der Waals surface area contributed by atoms with Crippen LogP contribution in [0, 0.1) is 13.8 Å². The molecule has 0 spiro atoms. The lowest BCUT2D eigenvalue weighted by Gasteiger charge is -2.32. The van der Waals surface area contributed by atoms with E-state index >= 15 is 0 Å². The smallest absolute Gasteiger partial charge is 0.335 e. The molecule has 0 fully saturated rings. The Balaban J connectivity index is 1.79. The van der Waals surface area contributed by atoms with Gasteiger partial charge in [0.15, 0.2) is 0 Å². The molecular formula is C40H40N4O8. The molecular weight excluding hydrogens is 664 g/mol. The van der Waals surface area contributed by atoms with Gasteiger partial charge in [-0.1, -0.05) is 18.7 Å². The molecule has 2 aliphatic heterocycles. The second-order valence-electron chi connectivity index (χ2n) is 13.3. The maximum Gasteiger partial charge on any atom is 0.335 e. The Kier molecular flexibility index (Phi) is 9.35. The molecule has 6 rings (SSSR count). The fraction of sp³-hybridized carbons (Fsp3) is 0.300. The summed E-state index contributed by atoms with van der Waals surface area (Å²) in [4.78, 5) is 67.3. The van der Waals surface area contributed by atoms with Crippen molar-refractivity contribution in [1.29, 1.82) is 0 Å². The van der Waals surface area contributed by atoms with E-state index in [0.29, 0.717) is 39.4 Å². The summed E-state index contributed by atoms with van der Waals surface area (Å²) in [5.41, 5.74) is 9.52. The van der Waals surface area contributed by atoms with Gasteiger partial charge in [0.2, 0.25) is 0 Å². The predicted molar refractivity (Wildman–Crippen MR) is 197 cm³/mol. The Hall–Kier alpha value is -6.04. The van der Waals surface area contributed by atoms with E-state index in [1.54, 1.807) is 12.1 Å². The van der Waals surface area contributed by atoms with Crippen LogP contribution in [0.4, 0.5) is 0 Å². The van der Waals surface area contributed by atoms with Gasteiger partial charge >= 0.3 is 23.9 Å². The number of hydrogen-bond donors (Lipinski definition) is 4. The number of H-pyrrole nitrogens is 2. The molecule has 8 bridgehead atoms. The van der Waals surface area contributed by atoms with E-state index in [2.05, 4.69) is 16.5 Å². The van der Waals surface area contributed by atoms with Gasteiger partial charge in [0.1, 0.15) is 0 Å². The van der Waals surface area contributed by atoms with Crippen LogP contribution in [0.5, 0.6) is 0 Å². The fourth-order valence-corrected chi connectivity index (χ4v) is 7.56. The van der Waals surface area contributed by atoms with Gasteiger partial charge in [0.05, 0.1) is 53.6 Å². The summed E-state index contributed by atoms with van der Waals surface area (Å²) in [6, 6.07) is 7.46. The lowest BCUT2D eigenvalue weighted by atomic mass is 9.68. The van der Waals surface area contributed by atoms with Gasteiger partial charge in [-0.05, 0) is 105 Å². The first-order chi connectivity index (χ1) is 24.7. The van der Waals surface area contributed by atoms with Crippen LogP contribution in [0.1, 0.15) is 84.6 Å². The standard InChI is InChI=1S/C40H40N4O8/c1-8-22-19(2)28-16-33-26-12-9-25(38(49)51-6)37(39(50)52-7)40(26,5)34(44-33)18-29-21(4)24(11-14-36(47)48)32(43-29)17-31-23(10-13-35(45)46)20(3)27(42-31)15-30(22)41-28/h8,12,15-18,41-42H,1,9-11,13-14H2,2-7H3,(H,45,46)(H,47,48). The van der Waals surface area contributed by atoms with Crippen molar-refractivity contribution in [2.45, 2.75) is 65.2 Å². The number of allylic oxidation sites excluding steroid dienone is 4. The predicted octanol–water partition coefficient (Wildman–Crippen LogP) is 6.77. The molecule has 1 atom stereocenters. The minimum atomic E-state index is -1.25. The zero-order valence-corrected chi connectivity index (χ0v) is 29.9. The number of nitrogens with one attached hydrogen (secondary N) is 2. The third-order valence-corrected chi connectivity index (χ3v) is 10.4. The lowest BCUT2D eigenvalue weighted by Crippen LogP contribution is -2.34. The Labute approximate surface area is 299 Å². The number of rotatable bonds is 9. The maximum atomic E-state index is 13.6. The number of fused-ring (bicyclic) bond motifs is 11. The van der Waals surface area contributed by atoms with Crippen LogP contribution in [-0.2, 0) is 40.5 Å². The third-order valence-electron chi connectivity index (χ3n) is 10.4. The number of carboxylic acid groups (broad SMARTS) is 2. The largest absolute Gasteiger partial charge is 0.481 e. The van der Waals surface area contributed by atoms with Crippen LogP contribution in [0.2, 0.25) is 0 Å². The van der Waals surface area contributed by atoms with Crippen molar-refractivity contribution in [3.8, 4) is 0 Å². The molecule has 0 saturated heterocycles. The Morgan fingerprint density at radius 1 is 0.827 bits per heavy atom. The zero-order valence-electron chi connectivity index (χ0n) is 29.9. The highest BCUT2D eigenvalue weighted by atomic mass is 16.5. The first-order valence-electron chi connectivity index (χ1n) is 16.9. The van der Waals surface area contributed by atoms with Crippen LogP contribution >= 0.6 is 0 Å². The number of aliphatic carboxylic acids is 2. The molecule has 0 radical (unpaired) electrons. The van der Waals surface area contributed by atoms with Gasteiger partial charge in [0.25, 0.3) is 0 Å². The van der Waals surface area contributed by atoms with Crippen molar-refractivity contribution in [1.82, 2.24) is 19.9 Å². The van der Waals surface area contributed by atoms with Crippen LogP contribution in [0.3, 0.4) is 0 Å². The van der Waals surface area contributed by atoms with Gasteiger partial charge in [0, 0.05) is 40.5 Å². The minimum absolute atomic E-state index is 0.0908. The minimum Gasteiger partial charge on any atom is -0.481 e. The molecule has 0 aromatic carbocycles. The third kappa shape index (κ3) is 5.93. The highest BCUT2D eigenvalue weighted by Crippen LogP contribution is 2.52. The quantitative estimate of drug-likeness (QED) is 0.173. The Morgan fingerprint density at radius 2 is 1.46 bits per heavy atom. The molecule has 52 heavy (non-hydrogen) atoms. The average Bonchev–Trinajstić information content (AvgIpc) is 3.76. The van der Waals surface area contributed by atoms with Crippen LogP contribution in [0.25, 0.3) is 44.9 Å². The Morgan fingerprint density at radius 3 is 2.12 bits per heavy atom. The Bertz CT molecular complexity index is 2370. The number of aromatic nitrogens is 4. The summed E-state index contributed by atoms with van der Waals surface area (Å²) in [7, 11) is 2.52. The molecule has 4 N–H and O–H groups in total. The van der Waals surface area contributed by atoms with Gasteiger partial charge in [-0.3, -0.25) is 14.6 Å². The van der Waals surface area contributed by atoms with Crippen molar-refractivity contribution < 1.29 is 38.9 Å². The first-order valence-corrected chi connectivity index (χ1v) is 16.9. The summed E-state index contributed by atoms with van der Waals surface area (Å²) >= 11 is 0. The highest BCUT2D eigenvalue weighted by molar-refractivity contribution is 6.07. The number of carboxylic acids is 2. The van der Waals surface area contributed by atoms with Gasteiger partial charge in [-0.15, -0.1) is 0 Å². The number of esters is 2. The van der Waals surface area contributed by atoms with E-state index in [-0.39, 0.29) is 43.3 Å². The number of methoxy groups -OCH3 is 2. The monoisotopic (exact) mass is 704 g/mol. The molecule has 3 aliphatic rings. The van der Waals surface area contributed by atoms with Crippen LogP contribution in [0.15, 0.2) is 48.1 Å². The number of ether oxygens (including phenoxy) is 2. The highest BCUT2D eigenvalue weighted by Gasteiger charge is 2.49. The van der Waals surface area contributed by atoms with Gasteiger partial charge in [-0.25, -0.2) is 14.6 Å². The lowest BCUT2D eigenvalue weighted by molar-refractivity contribution is -0.139. The first kappa shape index (κ1) is 35.8. The molecule has 0 amide bonds. The topological polar surface area (TPSA) is 185 Å². The maximum absolute atomic E-state index is 13.6. The summed E-state index contributed by atoms with van der Waals surface area (Å²) < 4.78 is 10.4. The molecule has 5 heterocycles. The SMILES string of the molecule is C=Cc1c(C)c2cc3nc(cc4nc(cc5[nH]c(cc1[nH]2)c(C)c5CCC(=O)O)C(CCC(=O)O)=C4C)C1(C)C3=CCC(C(=O)OC)=C1C(=O)OC. The number of aryl methyl sites for hydroxylation is 3. The molecule has 1 aliphatic carbocycles. The van der Waals surface area contributed by atoms with Crippen molar-refractivity contribution in [2.24, 2.45) is 0 Å². The number of carbonyl (C=O) groups excluding carboxylic acids is 2. The molecule has 0 saturated carbocycles. The zero-order chi connectivity index (χ0) is 37.6. The summed E-state index contributed by atoms with van der Waals surface area (Å²) in [6.07, 6.45) is 3.97. The van der Waals surface area contributed by atoms with E-state index in [4.69, 9.17) is 19.4 Å². The average molecular weight is 705 g/mol. The van der Waals surface area contributed by atoms with Crippen LogP contribution < -0.4 is 0 Å². The van der Waals surface area contributed by atoms with E-state index in [1.165, 1.54) is 14.2 Å². The van der Waals surface area contributed by atoms with E-state index in [0.717, 1.165) is 44.4 Å². The number of carbonyl (C=O) groups is 4. The summed E-state index contributed by atoms with van der Waals surface area (Å²) in [6.45, 7) is 11.6. The second-order valence-corrected chi connectivity index (χ2v) is 13.3. The van der Waals surface area contributed by atoms with Crippen molar-refractivity contribution in [3.05, 3.63) is 93.1 Å². The fourth-order valence-electron chi connectivity index (χ4n) is 7.56. The number of nitrogens with zero attached hydrogens (tertiary/aromatic N) is 2. The number of hydrogen-bond acceptors (Lipinski definition) is 8.